The maximum absolute atomic E-state index is 6.10. The number of para-hydroxylation sites is 4. The molecule has 0 spiro atoms. The lowest BCUT2D eigenvalue weighted by molar-refractivity contribution is 0.668. The van der Waals surface area contributed by atoms with Gasteiger partial charge in [-0.3, -0.25) is 4.57 Å². The van der Waals surface area contributed by atoms with Gasteiger partial charge in [0.15, 0.2) is 0 Å². The Bertz CT molecular complexity index is 6730. The van der Waals surface area contributed by atoms with E-state index in [4.69, 9.17) is 18.8 Å². The highest BCUT2D eigenvalue weighted by atomic mass is 79.9. The summed E-state index contributed by atoms with van der Waals surface area (Å²) in [5.74, 6) is 0.662. The molecule has 0 atom stereocenters. The van der Waals surface area contributed by atoms with Crippen LogP contribution in [0.1, 0.15) is 22.3 Å². The highest BCUT2D eigenvalue weighted by Crippen LogP contribution is 2.46. The van der Waals surface area contributed by atoms with Crippen LogP contribution in [-0.2, 0) is 12.8 Å². The molecule has 16 aromatic carbocycles. The summed E-state index contributed by atoms with van der Waals surface area (Å²) in [5, 5.41) is 18.1. The van der Waals surface area contributed by atoms with Crippen LogP contribution in [0.15, 0.2) is 329 Å². The Morgan fingerprint density at radius 3 is 1.43 bits per heavy atom. The number of rotatable bonds is 4. The number of halogens is 1. The highest BCUT2D eigenvalue weighted by Gasteiger charge is 2.24. The fraction of sp³-hybridized carbons (Fsp3) is 0.0217. The molecule has 0 radical (unpaired) electrons. The Labute approximate surface area is 571 Å². The van der Waals surface area contributed by atoms with Gasteiger partial charge >= 0.3 is 0 Å². The topological polar surface area (TPSA) is 57.0 Å². The van der Waals surface area contributed by atoms with E-state index in [1.54, 1.807) is 0 Å². The Hall–Kier alpha value is -12.2. The van der Waals surface area contributed by atoms with Gasteiger partial charge in [-0.15, -0.1) is 0 Å². The van der Waals surface area contributed by atoms with E-state index in [9.17, 15) is 0 Å². The summed E-state index contributed by atoms with van der Waals surface area (Å²) >= 11 is 3.54. The van der Waals surface area contributed by atoms with Crippen molar-refractivity contribution in [1.29, 1.82) is 0 Å². The molecule has 4 heterocycles. The molecule has 0 aliphatic heterocycles. The molecule has 5 nitrogen and oxygen atoms in total. The Morgan fingerprint density at radius 2 is 0.755 bits per heavy atom. The summed E-state index contributed by atoms with van der Waals surface area (Å²) in [7, 11) is 0. The first-order valence-corrected chi connectivity index (χ1v) is 34.2. The molecule has 22 rings (SSSR count). The van der Waals surface area contributed by atoms with E-state index >= 15 is 0 Å². The van der Waals surface area contributed by atoms with Gasteiger partial charge in [0, 0.05) is 47.7 Å². The minimum atomic E-state index is 0.662. The third-order valence-corrected chi connectivity index (χ3v) is 20.9. The van der Waals surface area contributed by atoms with E-state index in [1.165, 1.54) is 131 Å². The van der Waals surface area contributed by atoms with Gasteiger partial charge in [-0.05, 0) is 208 Å². The largest absolute Gasteiger partial charge is 0.456 e. The Morgan fingerprint density at radius 1 is 0.286 bits per heavy atom. The standard InChI is InChI=1S/C46H27N3O.C29H18O.C17H11Br/c1-2-10-29-26-33(18-17-28(29)9-1)45-36-12-3-6-14-39(36)47-46(48-45)49-40-15-7-4-13-37(40)44-34-22-19-30(25-32(34)20-23-41(44)49)31-21-24-43-38(27-31)35-11-5-8-16-42(35)50-43;1-2-6-23-20(5-1)16-22-10-9-21-15-18(11-13-24(21)29(22)23)19-12-14-28-26(17-19)25-7-3-4-8-27(25)30-28;18-14-7-8-16-12(10-14)5-6-13-9-11-3-1-2-4-15(11)17(13)16/h1-27H;1-15,17H,16H2;1-8,10H,9H2. The molecule has 0 amide bonds. The SMILES string of the molecule is Brc1ccc2c3c(ccc2c1)Cc1ccccc1-3.c1ccc2c(c1)Cc1ccc3cc(-c4ccc5oc6ccccc6c5c4)ccc3c1-2.c1ccc2cc(-c3nc(-n4c5ccccc5c5c6ccc(-c7ccc8oc9ccccc9c8c7)cc6ccc54)nc4ccccc34)ccc2c1. The van der Waals surface area contributed by atoms with Gasteiger partial charge < -0.3 is 8.83 Å². The van der Waals surface area contributed by atoms with Crippen LogP contribution in [0.3, 0.4) is 0 Å². The van der Waals surface area contributed by atoms with Gasteiger partial charge in [-0.1, -0.05) is 246 Å². The Kier molecular flexibility index (Phi) is 12.9. The molecule has 2 aliphatic carbocycles. The van der Waals surface area contributed by atoms with Gasteiger partial charge in [0.2, 0.25) is 5.95 Å². The van der Waals surface area contributed by atoms with Crippen LogP contribution in [0.2, 0.25) is 0 Å². The molecule has 98 heavy (non-hydrogen) atoms. The fourth-order valence-electron chi connectivity index (χ4n) is 15.8. The molecule has 0 unspecified atom stereocenters. The molecule has 458 valence electrons. The molecule has 0 fully saturated rings. The molecule has 4 aromatic heterocycles. The lowest BCUT2D eigenvalue weighted by Gasteiger charge is -2.12. The van der Waals surface area contributed by atoms with Crippen molar-refractivity contribution in [1.82, 2.24) is 14.5 Å². The minimum absolute atomic E-state index is 0.662. The van der Waals surface area contributed by atoms with E-state index in [2.05, 4.69) is 306 Å². The van der Waals surface area contributed by atoms with Crippen molar-refractivity contribution in [2.75, 3.05) is 0 Å². The smallest absolute Gasteiger partial charge is 0.235 e. The van der Waals surface area contributed by atoms with Crippen molar-refractivity contribution in [2.45, 2.75) is 12.8 Å². The second-order valence-electron chi connectivity index (χ2n) is 26.0. The number of benzene rings is 16. The summed E-state index contributed by atoms with van der Waals surface area (Å²) < 4.78 is 15.5. The summed E-state index contributed by atoms with van der Waals surface area (Å²) in [6, 6.07) is 113. The number of hydrogen-bond acceptors (Lipinski definition) is 4. The maximum atomic E-state index is 6.10. The van der Waals surface area contributed by atoms with Crippen molar-refractivity contribution in [2.24, 2.45) is 0 Å². The molecule has 6 heteroatoms. The van der Waals surface area contributed by atoms with Gasteiger partial charge in [-0.2, -0.15) is 0 Å². The van der Waals surface area contributed by atoms with Crippen molar-refractivity contribution in [3.63, 3.8) is 0 Å². The molecule has 0 N–H and O–H groups in total. The second-order valence-corrected chi connectivity index (χ2v) is 26.9. The van der Waals surface area contributed by atoms with Crippen molar-refractivity contribution in [3.8, 4) is 61.7 Å². The minimum Gasteiger partial charge on any atom is -0.456 e. The number of aromatic nitrogens is 3. The highest BCUT2D eigenvalue weighted by molar-refractivity contribution is 9.10. The second kappa shape index (κ2) is 22.5. The average Bonchev–Trinajstić information content (AvgIpc) is 1.56. The van der Waals surface area contributed by atoms with Crippen LogP contribution >= 0.6 is 15.9 Å². The predicted octanol–water partition coefficient (Wildman–Crippen LogP) is 25.4. The lowest BCUT2D eigenvalue weighted by Crippen LogP contribution is -2.03. The summed E-state index contributed by atoms with van der Waals surface area (Å²) in [5.41, 5.74) is 25.0. The molecule has 0 saturated carbocycles. The van der Waals surface area contributed by atoms with Crippen molar-refractivity contribution < 1.29 is 8.83 Å². The summed E-state index contributed by atoms with van der Waals surface area (Å²) in [4.78, 5) is 10.5. The quantitative estimate of drug-likeness (QED) is 0.176. The van der Waals surface area contributed by atoms with Crippen LogP contribution in [0.5, 0.6) is 0 Å². The van der Waals surface area contributed by atoms with E-state index in [-0.39, 0.29) is 0 Å². The van der Waals surface area contributed by atoms with Gasteiger partial charge in [0.05, 0.1) is 22.2 Å². The molecule has 20 aromatic rings. The molecule has 0 saturated heterocycles. The van der Waals surface area contributed by atoms with Gasteiger partial charge in [-0.25, -0.2) is 9.97 Å². The van der Waals surface area contributed by atoms with Gasteiger partial charge in [0.25, 0.3) is 0 Å². The number of furan rings is 2. The predicted molar refractivity (Wildman–Crippen MR) is 412 cm³/mol. The zero-order valence-electron chi connectivity index (χ0n) is 53.0. The van der Waals surface area contributed by atoms with E-state index < -0.39 is 0 Å². The number of nitrogens with zero attached hydrogens (tertiary/aromatic N) is 3. The van der Waals surface area contributed by atoms with E-state index in [0.717, 1.165) is 83.6 Å². The molecule has 2 aliphatic rings. The molecule has 0 bridgehead atoms. The average molecular weight is 1320 g/mol. The molecular weight excluding hydrogens is 1260 g/mol. The van der Waals surface area contributed by atoms with Crippen molar-refractivity contribution >= 4 is 136 Å². The summed E-state index contributed by atoms with van der Waals surface area (Å²) in [6.45, 7) is 0. The van der Waals surface area contributed by atoms with Crippen molar-refractivity contribution in [3.05, 3.63) is 342 Å². The first kappa shape index (κ1) is 56.2. The Balaban J connectivity index is 0.000000114. The van der Waals surface area contributed by atoms with Crippen LogP contribution in [0.4, 0.5) is 0 Å². The molecular formula is C92H56BrN3O2. The summed E-state index contributed by atoms with van der Waals surface area (Å²) in [6.07, 6.45) is 2.10. The first-order chi connectivity index (χ1) is 48.4. The monoisotopic (exact) mass is 1310 g/mol. The van der Waals surface area contributed by atoms with Crippen LogP contribution in [0.25, 0.3) is 181 Å². The zero-order valence-corrected chi connectivity index (χ0v) is 54.6. The first-order valence-electron chi connectivity index (χ1n) is 33.4. The normalized spacial score (nSPS) is 12.3. The lowest BCUT2D eigenvalue weighted by atomic mass is 9.94. The van der Waals surface area contributed by atoms with E-state index in [0.29, 0.717) is 5.95 Å². The van der Waals surface area contributed by atoms with E-state index in [1.807, 2.05) is 30.3 Å². The maximum Gasteiger partial charge on any atom is 0.235 e. The van der Waals surface area contributed by atoms with Crippen LogP contribution in [-0.4, -0.2) is 14.5 Å². The van der Waals surface area contributed by atoms with Gasteiger partial charge in [0.1, 0.15) is 22.3 Å². The zero-order chi connectivity index (χ0) is 64.5. The third kappa shape index (κ3) is 9.20. The number of fused-ring (bicyclic) bond motifs is 23. The number of hydrogen-bond donors (Lipinski definition) is 0. The fourth-order valence-corrected chi connectivity index (χ4v) is 16.2. The van der Waals surface area contributed by atoms with Crippen LogP contribution < -0.4 is 0 Å². The van der Waals surface area contributed by atoms with Crippen LogP contribution in [0, 0.1) is 0 Å². The third-order valence-electron chi connectivity index (χ3n) is 20.4.